The fourth-order valence-electron chi connectivity index (χ4n) is 1.88. The molecule has 96 valence electrons. The number of hydrogen-bond donors (Lipinski definition) is 0. The third-order valence-electron chi connectivity index (χ3n) is 2.84. The Hall–Kier alpha value is -2.64. The van der Waals surface area contributed by atoms with Gasteiger partial charge in [0, 0.05) is 24.8 Å². The average Bonchev–Trinajstić information content (AvgIpc) is 2.87. The van der Waals surface area contributed by atoms with E-state index < -0.39 is 0 Å². The van der Waals surface area contributed by atoms with E-state index in [-0.39, 0.29) is 0 Å². The summed E-state index contributed by atoms with van der Waals surface area (Å²) >= 11 is 5.93. The van der Waals surface area contributed by atoms with E-state index in [1.165, 1.54) is 0 Å². The van der Waals surface area contributed by atoms with Gasteiger partial charge < -0.3 is 4.40 Å². The Bertz CT molecular complexity index is 842. The maximum atomic E-state index is 9.00. The topological polar surface area (TPSA) is 54.0 Å². The predicted molar refractivity (Wildman–Crippen MR) is 78.1 cm³/mol. The minimum absolute atomic E-state index is 0.538. The van der Waals surface area contributed by atoms with Gasteiger partial charge in [0.2, 0.25) is 0 Å². The molecule has 0 atom stereocenters. The SMILES string of the molecule is N#Cc1cnccc1/C=C/c1cn2cc(Cl)ccc2n1. The third kappa shape index (κ3) is 2.40. The van der Waals surface area contributed by atoms with Crippen LogP contribution in [0.3, 0.4) is 0 Å². The number of hydrogen-bond acceptors (Lipinski definition) is 3. The van der Waals surface area contributed by atoms with Crippen LogP contribution in [0.15, 0.2) is 43.0 Å². The van der Waals surface area contributed by atoms with Crippen molar-refractivity contribution in [2.24, 2.45) is 0 Å². The summed E-state index contributed by atoms with van der Waals surface area (Å²) in [7, 11) is 0. The van der Waals surface area contributed by atoms with Gasteiger partial charge in [-0.05, 0) is 29.8 Å². The Balaban J connectivity index is 1.96. The van der Waals surface area contributed by atoms with Gasteiger partial charge in [-0.25, -0.2) is 4.98 Å². The Labute approximate surface area is 120 Å². The molecule has 0 unspecified atom stereocenters. The monoisotopic (exact) mass is 280 g/mol. The summed E-state index contributed by atoms with van der Waals surface area (Å²) in [6, 6.07) is 7.56. The van der Waals surface area contributed by atoms with Crippen molar-refractivity contribution in [3.8, 4) is 6.07 Å². The zero-order chi connectivity index (χ0) is 13.9. The number of nitriles is 1. The third-order valence-corrected chi connectivity index (χ3v) is 3.07. The maximum Gasteiger partial charge on any atom is 0.137 e. The predicted octanol–water partition coefficient (Wildman–Crippen LogP) is 3.42. The molecule has 0 bridgehead atoms. The molecular formula is C15H9ClN4. The first-order valence-electron chi connectivity index (χ1n) is 5.93. The first-order chi connectivity index (χ1) is 9.76. The van der Waals surface area contributed by atoms with E-state index in [9.17, 15) is 0 Å². The Morgan fingerprint density at radius 1 is 1.20 bits per heavy atom. The lowest BCUT2D eigenvalue weighted by molar-refractivity contribution is 1.19. The van der Waals surface area contributed by atoms with Crippen LogP contribution in [0.5, 0.6) is 0 Å². The molecule has 4 nitrogen and oxygen atoms in total. The molecule has 20 heavy (non-hydrogen) atoms. The molecule has 3 rings (SSSR count). The van der Waals surface area contributed by atoms with Crippen molar-refractivity contribution in [3.05, 3.63) is 64.8 Å². The molecular weight excluding hydrogens is 272 g/mol. The van der Waals surface area contributed by atoms with Crippen LogP contribution in [-0.2, 0) is 0 Å². The molecule has 3 aromatic rings. The van der Waals surface area contributed by atoms with Crippen LogP contribution in [0.4, 0.5) is 0 Å². The number of nitrogens with zero attached hydrogens (tertiary/aromatic N) is 4. The second kappa shape index (κ2) is 5.16. The van der Waals surface area contributed by atoms with E-state index in [1.807, 2.05) is 28.8 Å². The summed E-state index contributed by atoms with van der Waals surface area (Å²) in [5.41, 5.74) is 2.98. The second-order valence-electron chi connectivity index (χ2n) is 4.19. The van der Waals surface area contributed by atoms with E-state index in [0.717, 1.165) is 16.9 Å². The van der Waals surface area contributed by atoms with Crippen molar-refractivity contribution in [2.75, 3.05) is 0 Å². The summed E-state index contributed by atoms with van der Waals surface area (Å²) in [5.74, 6) is 0. The first kappa shape index (κ1) is 12.4. The molecule has 0 fully saturated rings. The highest BCUT2D eigenvalue weighted by Gasteiger charge is 2.00. The molecule has 0 aromatic carbocycles. The van der Waals surface area contributed by atoms with Crippen LogP contribution in [0.2, 0.25) is 5.02 Å². The lowest BCUT2D eigenvalue weighted by Gasteiger charge is -1.94. The molecule has 0 N–H and O–H groups in total. The average molecular weight is 281 g/mol. The molecule has 5 heteroatoms. The summed E-state index contributed by atoms with van der Waals surface area (Å²) in [6.07, 6.45) is 10.6. The first-order valence-corrected chi connectivity index (χ1v) is 6.30. The molecule has 3 heterocycles. The smallest absolute Gasteiger partial charge is 0.137 e. The van der Waals surface area contributed by atoms with Crippen LogP contribution in [0, 0.1) is 11.3 Å². The van der Waals surface area contributed by atoms with Crippen LogP contribution < -0.4 is 0 Å². The standard InChI is InChI=1S/C15H9ClN4/c16-13-2-4-15-19-14(10-20(15)9-13)3-1-11-5-6-18-8-12(11)7-17/h1-6,8-10H/b3-1+. The largest absolute Gasteiger partial charge is 0.305 e. The minimum Gasteiger partial charge on any atom is -0.305 e. The molecule has 0 radical (unpaired) electrons. The highest BCUT2D eigenvalue weighted by atomic mass is 35.5. The van der Waals surface area contributed by atoms with Gasteiger partial charge in [0.15, 0.2) is 0 Å². The van der Waals surface area contributed by atoms with E-state index in [1.54, 1.807) is 30.7 Å². The van der Waals surface area contributed by atoms with Crippen molar-refractivity contribution < 1.29 is 0 Å². The number of fused-ring (bicyclic) bond motifs is 1. The van der Waals surface area contributed by atoms with Gasteiger partial charge in [0.1, 0.15) is 11.7 Å². The Kier molecular flexibility index (Phi) is 3.20. The van der Waals surface area contributed by atoms with E-state index in [4.69, 9.17) is 16.9 Å². The van der Waals surface area contributed by atoms with Crippen molar-refractivity contribution >= 4 is 29.4 Å². The fraction of sp³-hybridized carbons (Fsp3) is 0. The second-order valence-corrected chi connectivity index (χ2v) is 4.62. The maximum absolute atomic E-state index is 9.00. The van der Waals surface area contributed by atoms with Gasteiger partial charge >= 0.3 is 0 Å². The molecule has 0 aliphatic heterocycles. The molecule has 0 aliphatic rings. The number of halogens is 1. The molecule has 0 saturated heterocycles. The highest BCUT2D eigenvalue weighted by molar-refractivity contribution is 6.30. The van der Waals surface area contributed by atoms with Crippen molar-refractivity contribution in [1.82, 2.24) is 14.4 Å². The van der Waals surface area contributed by atoms with Crippen LogP contribution in [0.1, 0.15) is 16.8 Å². The summed E-state index contributed by atoms with van der Waals surface area (Å²) in [4.78, 5) is 8.37. The number of pyridine rings is 2. The quantitative estimate of drug-likeness (QED) is 0.723. The molecule has 3 aromatic heterocycles. The summed E-state index contributed by atoms with van der Waals surface area (Å²) < 4.78 is 1.86. The number of aromatic nitrogens is 3. The van der Waals surface area contributed by atoms with Crippen LogP contribution in [-0.4, -0.2) is 14.4 Å². The van der Waals surface area contributed by atoms with Gasteiger partial charge in [-0.1, -0.05) is 17.7 Å². The molecule has 0 aliphatic carbocycles. The summed E-state index contributed by atoms with van der Waals surface area (Å²) in [5, 5.41) is 9.66. The molecule has 0 spiro atoms. The van der Waals surface area contributed by atoms with Gasteiger partial charge in [0.25, 0.3) is 0 Å². The molecule has 0 saturated carbocycles. The lowest BCUT2D eigenvalue weighted by atomic mass is 10.1. The summed E-state index contributed by atoms with van der Waals surface area (Å²) in [6.45, 7) is 0. The fourth-order valence-corrected chi connectivity index (χ4v) is 2.05. The van der Waals surface area contributed by atoms with Crippen LogP contribution in [0.25, 0.3) is 17.8 Å². The lowest BCUT2D eigenvalue weighted by Crippen LogP contribution is -1.82. The normalized spacial score (nSPS) is 11.0. The zero-order valence-corrected chi connectivity index (χ0v) is 11.1. The van der Waals surface area contributed by atoms with Gasteiger partial charge in [-0.3, -0.25) is 4.98 Å². The van der Waals surface area contributed by atoms with Crippen molar-refractivity contribution in [3.63, 3.8) is 0 Å². The van der Waals surface area contributed by atoms with Crippen molar-refractivity contribution in [1.29, 1.82) is 5.26 Å². The molecule has 0 amide bonds. The van der Waals surface area contributed by atoms with Crippen LogP contribution >= 0.6 is 11.6 Å². The van der Waals surface area contributed by atoms with Gasteiger partial charge in [0.05, 0.1) is 16.3 Å². The van der Waals surface area contributed by atoms with Gasteiger partial charge in [-0.15, -0.1) is 0 Å². The van der Waals surface area contributed by atoms with Crippen molar-refractivity contribution in [2.45, 2.75) is 0 Å². The van der Waals surface area contributed by atoms with E-state index in [0.29, 0.717) is 10.6 Å². The zero-order valence-electron chi connectivity index (χ0n) is 10.4. The minimum atomic E-state index is 0.538. The Morgan fingerprint density at radius 2 is 2.10 bits per heavy atom. The number of imidazole rings is 1. The Morgan fingerprint density at radius 3 is 2.95 bits per heavy atom. The van der Waals surface area contributed by atoms with Gasteiger partial charge in [-0.2, -0.15) is 5.26 Å². The highest BCUT2D eigenvalue weighted by Crippen LogP contribution is 2.14. The van der Waals surface area contributed by atoms with E-state index in [2.05, 4.69) is 16.0 Å². The van der Waals surface area contributed by atoms with E-state index >= 15 is 0 Å². The number of rotatable bonds is 2.